The fraction of sp³-hybridized carbons (Fsp3) is 0.0435. The van der Waals surface area contributed by atoms with Crippen LogP contribution in [0.3, 0.4) is 0 Å². The summed E-state index contributed by atoms with van der Waals surface area (Å²) < 4.78 is 11.4. The van der Waals surface area contributed by atoms with E-state index >= 15 is 0 Å². The number of carbonyl (C=O) groups is 1. The van der Waals surface area contributed by atoms with Crippen LogP contribution in [0.2, 0.25) is 0 Å². The quantitative estimate of drug-likeness (QED) is 0.429. The molecule has 0 aromatic heterocycles. The second-order valence-corrected chi connectivity index (χ2v) is 6.14. The molecule has 5 heteroatoms. The summed E-state index contributed by atoms with van der Waals surface area (Å²) in [4.78, 5) is 23.6. The van der Waals surface area contributed by atoms with Crippen LogP contribution in [0.1, 0.15) is 10.4 Å². The van der Waals surface area contributed by atoms with E-state index in [4.69, 9.17) is 15.6 Å². The van der Waals surface area contributed by atoms with Gasteiger partial charge in [-0.1, -0.05) is 24.1 Å². The molecule has 0 bridgehead atoms. The van der Waals surface area contributed by atoms with Crippen molar-refractivity contribution in [2.45, 2.75) is 0 Å². The summed E-state index contributed by atoms with van der Waals surface area (Å²) in [6.45, 7) is 0.110. The normalized spacial score (nSPS) is 10.7. The van der Waals surface area contributed by atoms with E-state index in [1.807, 2.05) is 0 Å². The van der Waals surface area contributed by atoms with Crippen molar-refractivity contribution in [2.24, 2.45) is 0 Å². The Bertz CT molecular complexity index is 1280. The first-order chi connectivity index (χ1) is 13.6. The van der Waals surface area contributed by atoms with Gasteiger partial charge < -0.3 is 14.3 Å². The second-order valence-electron chi connectivity index (χ2n) is 6.14. The molecule has 0 fully saturated rings. The Labute approximate surface area is 160 Å². The van der Waals surface area contributed by atoms with Crippen LogP contribution in [0.25, 0.3) is 33.4 Å². The molecule has 5 nitrogen and oxygen atoms in total. The van der Waals surface area contributed by atoms with Gasteiger partial charge in [-0.05, 0) is 35.9 Å². The molecule has 28 heavy (non-hydrogen) atoms. The zero-order chi connectivity index (χ0) is 19.7. The zero-order valence-corrected chi connectivity index (χ0v) is 14.6. The van der Waals surface area contributed by atoms with E-state index in [9.17, 15) is 14.7 Å². The second kappa shape index (κ2) is 6.93. The van der Waals surface area contributed by atoms with Gasteiger partial charge in [0.25, 0.3) is 0 Å². The standard InChI is InChI=1S/C23H14O5/c1-2-11-27-15-8-10-19-21(13-15)28-20-12-14(24)7-9-18(20)22(19)16-5-3-4-6-17(16)23(25)26/h1,3-10,12-13H,11H2,(H,25,26). The maximum Gasteiger partial charge on any atom is 0.336 e. The van der Waals surface area contributed by atoms with Crippen molar-refractivity contribution in [3.8, 4) is 40.5 Å². The molecule has 1 aliphatic carbocycles. The molecule has 4 rings (SSSR count). The highest BCUT2D eigenvalue weighted by Gasteiger charge is 2.21. The van der Waals surface area contributed by atoms with Crippen molar-refractivity contribution in [3.05, 3.63) is 76.5 Å². The van der Waals surface area contributed by atoms with Crippen LogP contribution in [0.4, 0.5) is 0 Å². The summed E-state index contributed by atoms with van der Waals surface area (Å²) in [5.41, 5.74) is 2.29. The minimum absolute atomic E-state index is 0.110. The molecule has 0 spiro atoms. The summed E-state index contributed by atoms with van der Waals surface area (Å²) in [5, 5.41) is 10.3. The minimum atomic E-state index is -1.04. The van der Waals surface area contributed by atoms with Gasteiger partial charge in [0.15, 0.2) is 5.43 Å². The van der Waals surface area contributed by atoms with Gasteiger partial charge in [0, 0.05) is 28.6 Å². The summed E-state index contributed by atoms with van der Waals surface area (Å²) in [7, 11) is 0. The van der Waals surface area contributed by atoms with E-state index in [-0.39, 0.29) is 17.6 Å². The lowest BCUT2D eigenvalue weighted by Crippen LogP contribution is -2.03. The van der Waals surface area contributed by atoms with Crippen LogP contribution < -0.4 is 10.2 Å². The highest BCUT2D eigenvalue weighted by atomic mass is 16.5. The van der Waals surface area contributed by atoms with Crippen molar-refractivity contribution in [2.75, 3.05) is 6.61 Å². The fourth-order valence-corrected chi connectivity index (χ4v) is 3.24. The Morgan fingerprint density at radius 3 is 2.68 bits per heavy atom. The Morgan fingerprint density at radius 2 is 1.89 bits per heavy atom. The van der Waals surface area contributed by atoms with Crippen molar-refractivity contribution in [1.29, 1.82) is 0 Å². The van der Waals surface area contributed by atoms with Crippen LogP contribution in [-0.4, -0.2) is 17.7 Å². The predicted octanol–water partition coefficient (Wildman–Crippen LogP) is 4.28. The van der Waals surface area contributed by atoms with E-state index < -0.39 is 5.97 Å². The van der Waals surface area contributed by atoms with Gasteiger partial charge >= 0.3 is 5.97 Å². The fourth-order valence-electron chi connectivity index (χ4n) is 3.24. The number of aromatic carboxylic acids is 1. The highest BCUT2D eigenvalue weighted by molar-refractivity contribution is 6.07. The van der Waals surface area contributed by atoms with Crippen LogP contribution in [0.15, 0.2) is 69.9 Å². The molecule has 2 aromatic carbocycles. The molecule has 1 aliphatic heterocycles. The molecule has 0 saturated heterocycles. The molecule has 0 unspecified atom stereocenters. The number of carboxylic acid groups (broad SMARTS) is 1. The molecule has 0 radical (unpaired) electrons. The molecule has 136 valence electrons. The monoisotopic (exact) mass is 370 g/mol. The minimum Gasteiger partial charge on any atom is -0.481 e. The van der Waals surface area contributed by atoms with Gasteiger partial charge in [-0.25, -0.2) is 4.79 Å². The average Bonchev–Trinajstić information content (AvgIpc) is 2.70. The van der Waals surface area contributed by atoms with E-state index in [1.54, 1.807) is 48.5 Å². The van der Waals surface area contributed by atoms with Gasteiger partial charge in [-0.15, -0.1) is 6.42 Å². The van der Waals surface area contributed by atoms with Crippen LogP contribution in [0, 0.1) is 12.3 Å². The number of benzene rings is 3. The molecule has 0 amide bonds. The summed E-state index contributed by atoms with van der Waals surface area (Å²) in [6.07, 6.45) is 5.24. The number of hydrogen-bond acceptors (Lipinski definition) is 4. The zero-order valence-electron chi connectivity index (χ0n) is 14.6. The summed E-state index contributed by atoms with van der Waals surface area (Å²) in [5.74, 6) is 2.25. The maximum atomic E-state index is 11.8. The Hall–Kier alpha value is -4.04. The SMILES string of the molecule is C#CCOc1ccc2c(-c3ccccc3C(=O)O)c3ccc(=O)cc-3oc2c1. The average molecular weight is 370 g/mol. The van der Waals surface area contributed by atoms with Crippen LogP contribution >= 0.6 is 0 Å². The van der Waals surface area contributed by atoms with Gasteiger partial charge in [-0.2, -0.15) is 0 Å². The number of fused-ring (bicyclic) bond motifs is 2. The van der Waals surface area contributed by atoms with Gasteiger partial charge in [-0.3, -0.25) is 4.79 Å². The van der Waals surface area contributed by atoms with Crippen molar-refractivity contribution < 1.29 is 19.1 Å². The molecule has 0 saturated carbocycles. The highest BCUT2D eigenvalue weighted by Crippen LogP contribution is 2.41. The number of rotatable bonds is 4. The molecular formula is C23H14O5. The third-order valence-corrected chi connectivity index (χ3v) is 4.41. The largest absolute Gasteiger partial charge is 0.481 e. The van der Waals surface area contributed by atoms with Gasteiger partial charge in [0.1, 0.15) is 23.7 Å². The van der Waals surface area contributed by atoms with Gasteiger partial charge in [0.05, 0.1) is 5.56 Å². The lowest BCUT2D eigenvalue weighted by Gasteiger charge is -2.17. The van der Waals surface area contributed by atoms with Crippen LogP contribution in [0.5, 0.6) is 5.75 Å². The lowest BCUT2D eigenvalue weighted by atomic mass is 9.91. The smallest absolute Gasteiger partial charge is 0.336 e. The third-order valence-electron chi connectivity index (χ3n) is 4.41. The molecule has 1 heterocycles. The Kier molecular flexibility index (Phi) is 4.30. The number of hydrogen-bond donors (Lipinski definition) is 1. The third kappa shape index (κ3) is 2.97. The number of terminal acetylenes is 1. The Morgan fingerprint density at radius 1 is 1.07 bits per heavy atom. The first kappa shape index (κ1) is 17.4. The molecule has 1 N–H and O–H groups in total. The molecule has 0 atom stereocenters. The van der Waals surface area contributed by atoms with E-state index in [0.717, 1.165) is 0 Å². The molecular weight excluding hydrogens is 356 g/mol. The van der Waals surface area contributed by atoms with Crippen molar-refractivity contribution in [1.82, 2.24) is 0 Å². The van der Waals surface area contributed by atoms with E-state index in [1.165, 1.54) is 12.1 Å². The first-order valence-electron chi connectivity index (χ1n) is 8.48. The Balaban J connectivity index is 2.10. The number of carboxylic acids is 1. The topological polar surface area (TPSA) is 76.7 Å². The predicted molar refractivity (Wildman–Crippen MR) is 106 cm³/mol. The lowest BCUT2D eigenvalue weighted by molar-refractivity contribution is 0.0697. The van der Waals surface area contributed by atoms with Gasteiger partial charge in [0.2, 0.25) is 0 Å². The summed E-state index contributed by atoms with van der Waals surface area (Å²) in [6, 6.07) is 16.4. The van der Waals surface area contributed by atoms with Crippen LogP contribution in [-0.2, 0) is 0 Å². The van der Waals surface area contributed by atoms with Crippen molar-refractivity contribution in [3.63, 3.8) is 0 Å². The molecule has 2 aliphatic rings. The molecule has 2 aromatic rings. The van der Waals surface area contributed by atoms with E-state index in [2.05, 4.69) is 5.92 Å². The van der Waals surface area contributed by atoms with E-state index in [0.29, 0.717) is 39.2 Å². The first-order valence-corrected chi connectivity index (χ1v) is 8.48. The summed E-state index contributed by atoms with van der Waals surface area (Å²) >= 11 is 0. The number of ether oxygens (including phenoxy) is 1. The van der Waals surface area contributed by atoms with Crippen molar-refractivity contribution >= 4 is 16.9 Å². The maximum absolute atomic E-state index is 11.8.